The number of hydrogen-bond acceptors (Lipinski definition) is 4. The summed E-state index contributed by atoms with van der Waals surface area (Å²) in [7, 11) is 0. The molecule has 3 nitrogen and oxygen atoms in total. The van der Waals surface area contributed by atoms with Crippen molar-refractivity contribution in [1.82, 2.24) is 4.90 Å². The van der Waals surface area contributed by atoms with Crippen LogP contribution in [0.5, 0.6) is 5.75 Å². The molecule has 0 atom stereocenters. The monoisotopic (exact) mass is 626 g/mol. The molecule has 0 aliphatic heterocycles. The van der Waals surface area contributed by atoms with Crippen LogP contribution in [0, 0.1) is 6.92 Å². The number of ether oxygens (including phenoxy) is 1. The van der Waals surface area contributed by atoms with E-state index in [9.17, 15) is 13.2 Å². The molecule has 0 amide bonds. The van der Waals surface area contributed by atoms with Crippen molar-refractivity contribution in [1.29, 1.82) is 0 Å². The Morgan fingerprint density at radius 2 is 1.58 bits per heavy atom. The first kappa shape index (κ1) is 32.8. The number of nitrogens with one attached hydrogen (secondary N) is 1. The van der Waals surface area contributed by atoms with E-state index in [1.807, 2.05) is 54.6 Å². The number of hydrogen-bond donors (Lipinski definition) is 1. The highest BCUT2D eigenvalue weighted by Gasteiger charge is 2.34. The Hall–Kier alpha value is -3.13. The summed E-state index contributed by atoms with van der Waals surface area (Å²) < 4.78 is 50.5. The second-order valence-electron chi connectivity index (χ2n) is 10.5. The Morgan fingerprint density at radius 3 is 2.21 bits per heavy atom. The first-order chi connectivity index (χ1) is 20.8. The van der Waals surface area contributed by atoms with Crippen LogP contribution in [0.3, 0.4) is 0 Å². The first-order valence-electron chi connectivity index (χ1n) is 14.5. The zero-order valence-corrected chi connectivity index (χ0v) is 26.1. The molecule has 0 heterocycles. The van der Waals surface area contributed by atoms with E-state index in [0.717, 1.165) is 46.4 Å². The Labute approximate surface area is 262 Å². The van der Waals surface area contributed by atoms with Gasteiger partial charge < -0.3 is 9.46 Å². The van der Waals surface area contributed by atoms with Crippen molar-refractivity contribution in [2.24, 2.45) is 0 Å². The van der Waals surface area contributed by atoms with Gasteiger partial charge in [-0.05, 0) is 54.2 Å². The van der Waals surface area contributed by atoms with Gasteiger partial charge in [0.2, 0.25) is 0 Å². The highest BCUT2D eigenvalue weighted by atomic mass is 35.5. The largest absolute Gasteiger partial charge is 0.493 e. The van der Waals surface area contributed by atoms with Crippen molar-refractivity contribution in [3.63, 3.8) is 0 Å². The van der Waals surface area contributed by atoms with E-state index in [1.54, 1.807) is 18.0 Å². The third-order valence-electron chi connectivity index (χ3n) is 7.21. The Kier molecular flexibility index (Phi) is 12.3. The molecule has 8 heteroatoms. The van der Waals surface area contributed by atoms with Crippen LogP contribution >= 0.6 is 23.5 Å². The number of anilines is 1. The molecule has 0 unspecified atom stereocenters. The second kappa shape index (κ2) is 16.1. The third-order valence-corrected chi connectivity index (χ3v) is 8.63. The van der Waals surface area contributed by atoms with Crippen LogP contribution in [0.4, 0.5) is 18.9 Å². The highest BCUT2D eigenvalue weighted by molar-refractivity contribution is 8.00. The molecule has 0 radical (unpaired) electrons. The number of benzene rings is 4. The maximum atomic E-state index is 13.6. The maximum absolute atomic E-state index is 13.6. The van der Waals surface area contributed by atoms with Gasteiger partial charge in [0.05, 0.1) is 22.9 Å². The summed E-state index contributed by atoms with van der Waals surface area (Å²) in [4.78, 5) is 2.18. The van der Waals surface area contributed by atoms with Crippen LogP contribution < -0.4 is 9.46 Å². The Bertz CT molecular complexity index is 1380. The van der Waals surface area contributed by atoms with Crippen LogP contribution in [-0.4, -0.2) is 30.3 Å². The number of rotatable bonds is 15. The quantitative estimate of drug-likeness (QED) is 0.105. The van der Waals surface area contributed by atoms with E-state index in [-0.39, 0.29) is 17.5 Å². The molecular formula is C35H38ClF3N2OS. The van der Waals surface area contributed by atoms with Gasteiger partial charge in [0, 0.05) is 37.4 Å². The lowest BCUT2D eigenvalue weighted by Crippen LogP contribution is -2.31. The zero-order chi connectivity index (χ0) is 30.7. The third kappa shape index (κ3) is 9.68. The van der Waals surface area contributed by atoms with Crippen molar-refractivity contribution in [2.45, 2.75) is 45.3 Å². The summed E-state index contributed by atoms with van der Waals surface area (Å²) >= 11 is 8.02. The van der Waals surface area contributed by atoms with Gasteiger partial charge in [0.15, 0.2) is 0 Å². The predicted octanol–water partition coefficient (Wildman–Crippen LogP) is 10.2. The standard InChI is InChI=1S/C35H38ClF3N2OS/c1-3-22-43-40-33-23-30(19-18-26(33)2)42-21-11-20-41(24-29-16-10-17-32(34(29)36)35(37,38)39)25-31(27-12-6-4-7-13-27)28-14-8-5-9-15-28/h4-10,12-19,23,31,40H,3,11,20-22,24-25H2,1-2H3. The molecule has 43 heavy (non-hydrogen) atoms. The van der Waals surface area contributed by atoms with E-state index in [0.29, 0.717) is 31.7 Å². The van der Waals surface area contributed by atoms with Gasteiger partial charge in [-0.1, -0.05) is 109 Å². The summed E-state index contributed by atoms with van der Waals surface area (Å²) in [5, 5.41) is -0.243. The van der Waals surface area contributed by atoms with Crippen LogP contribution in [0.1, 0.15) is 53.5 Å². The fourth-order valence-corrected chi connectivity index (χ4v) is 5.91. The highest BCUT2D eigenvalue weighted by Crippen LogP contribution is 2.37. The Balaban J connectivity index is 1.52. The SMILES string of the molecule is CCCSNc1cc(OCCCN(Cc2cccc(C(F)(F)F)c2Cl)CC(c2ccccc2)c2ccccc2)ccc1C. The average Bonchev–Trinajstić information content (AvgIpc) is 3.00. The second-order valence-corrected chi connectivity index (χ2v) is 11.8. The lowest BCUT2D eigenvalue weighted by molar-refractivity contribution is -0.137. The van der Waals surface area contributed by atoms with E-state index in [1.165, 1.54) is 6.07 Å². The zero-order valence-electron chi connectivity index (χ0n) is 24.5. The van der Waals surface area contributed by atoms with Gasteiger partial charge in [-0.2, -0.15) is 13.2 Å². The molecule has 0 saturated carbocycles. The van der Waals surface area contributed by atoms with E-state index in [2.05, 4.69) is 47.7 Å². The summed E-state index contributed by atoms with van der Waals surface area (Å²) in [6, 6.07) is 30.6. The number of aryl methyl sites for hydroxylation is 1. The van der Waals surface area contributed by atoms with Crippen molar-refractivity contribution >= 4 is 29.2 Å². The molecular weight excluding hydrogens is 589 g/mol. The smallest absolute Gasteiger partial charge is 0.417 e. The number of alkyl halides is 3. The van der Waals surface area contributed by atoms with E-state index < -0.39 is 11.7 Å². The van der Waals surface area contributed by atoms with Crippen molar-refractivity contribution in [3.8, 4) is 5.75 Å². The van der Waals surface area contributed by atoms with Crippen LogP contribution in [0.25, 0.3) is 0 Å². The number of halogens is 4. The topological polar surface area (TPSA) is 24.5 Å². The van der Waals surface area contributed by atoms with Gasteiger partial charge in [-0.3, -0.25) is 4.90 Å². The molecule has 0 aromatic heterocycles. The maximum Gasteiger partial charge on any atom is 0.417 e. The summed E-state index contributed by atoms with van der Waals surface area (Å²) in [6.07, 6.45) is -2.74. The molecule has 0 aliphatic carbocycles. The molecule has 0 bridgehead atoms. The molecule has 4 aromatic carbocycles. The molecule has 0 aliphatic rings. The molecule has 0 spiro atoms. The van der Waals surface area contributed by atoms with E-state index in [4.69, 9.17) is 16.3 Å². The minimum atomic E-state index is -4.51. The van der Waals surface area contributed by atoms with Gasteiger partial charge in [0.25, 0.3) is 0 Å². The normalized spacial score (nSPS) is 11.7. The fraction of sp³-hybridized carbons (Fsp3) is 0.314. The van der Waals surface area contributed by atoms with Crippen molar-refractivity contribution in [3.05, 3.63) is 130 Å². The van der Waals surface area contributed by atoms with Crippen LogP contribution in [0.2, 0.25) is 5.02 Å². The molecule has 228 valence electrons. The van der Waals surface area contributed by atoms with Crippen LogP contribution in [0.15, 0.2) is 97.1 Å². The Morgan fingerprint density at radius 1 is 0.907 bits per heavy atom. The van der Waals surface area contributed by atoms with Gasteiger partial charge >= 0.3 is 6.18 Å². The van der Waals surface area contributed by atoms with Gasteiger partial charge in [-0.25, -0.2) is 0 Å². The lowest BCUT2D eigenvalue weighted by atomic mass is 9.90. The fourth-order valence-electron chi connectivity index (χ4n) is 4.94. The van der Waals surface area contributed by atoms with Gasteiger partial charge in [-0.15, -0.1) is 0 Å². The molecule has 0 saturated heterocycles. The molecule has 0 fully saturated rings. The molecule has 1 N–H and O–H groups in total. The van der Waals surface area contributed by atoms with E-state index >= 15 is 0 Å². The summed E-state index contributed by atoms with van der Waals surface area (Å²) in [5.74, 6) is 1.83. The van der Waals surface area contributed by atoms with Gasteiger partial charge in [0.1, 0.15) is 5.75 Å². The molecule has 4 rings (SSSR count). The lowest BCUT2D eigenvalue weighted by Gasteiger charge is -2.29. The first-order valence-corrected chi connectivity index (χ1v) is 15.9. The van der Waals surface area contributed by atoms with Crippen LogP contribution in [-0.2, 0) is 12.7 Å². The number of nitrogens with zero attached hydrogens (tertiary/aromatic N) is 1. The average molecular weight is 627 g/mol. The summed E-state index contributed by atoms with van der Waals surface area (Å²) in [5.41, 5.74) is 4.12. The molecule has 4 aromatic rings. The summed E-state index contributed by atoms with van der Waals surface area (Å²) in [6.45, 7) is 6.18. The van der Waals surface area contributed by atoms with Crippen molar-refractivity contribution < 1.29 is 17.9 Å². The minimum absolute atomic E-state index is 0.0271. The minimum Gasteiger partial charge on any atom is -0.493 e. The predicted molar refractivity (Wildman–Crippen MR) is 174 cm³/mol. The van der Waals surface area contributed by atoms with Crippen molar-refractivity contribution in [2.75, 3.05) is 30.2 Å².